The Morgan fingerprint density at radius 2 is 1.52 bits per heavy atom. The number of carboxylic acids is 2. The second-order valence-electron chi connectivity index (χ2n) is 12.6. The van der Waals surface area contributed by atoms with Crippen LogP contribution in [0.5, 0.6) is 5.75 Å². The third-order valence-corrected chi connectivity index (χ3v) is 9.34. The summed E-state index contributed by atoms with van der Waals surface area (Å²) in [5.74, 6) is -0.545. The quantitative estimate of drug-likeness (QED) is 0.126. The first kappa shape index (κ1) is 32.7. The predicted octanol–water partition coefficient (Wildman–Crippen LogP) is 8.03. The number of carbonyl (C=O) groups is 2. The van der Waals surface area contributed by atoms with Gasteiger partial charge in [-0.3, -0.25) is 4.90 Å². The Bertz CT molecular complexity index is 2090. The van der Waals surface area contributed by atoms with Gasteiger partial charge < -0.3 is 19.4 Å². The van der Waals surface area contributed by atoms with Crippen molar-refractivity contribution in [2.24, 2.45) is 0 Å². The number of oxazole rings is 1. The first-order valence-electron chi connectivity index (χ1n) is 16.9. The fourth-order valence-electron chi connectivity index (χ4n) is 6.66. The lowest BCUT2D eigenvalue weighted by Crippen LogP contribution is -2.35. The van der Waals surface area contributed by atoms with E-state index in [9.17, 15) is 19.8 Å². The third kappa shape index (κ3) is 7.43. The number of ether oxygens (including phenoxy) is 1. The van der Waals surface area contributed by atoms with Crippen molar-refractivity contribution in [2.45, 2.75) is 44.8 Å². The number of para-hydroxylation sites is 3. The highest BCUT2D eigenvalue weighted by Gasteiger charge is 2.28. The minimum atomic E-state index is -1.02. The molecular weight excluding hydrogens is 630 g/mol. The van der Waals surface area contributed by atoms with Crippen LogP contribution < -0.4 is 4.74 Å². The van der Waals surface area contributed by atoms with Gasteiger partial charge in [0.1, 0.15) is 23.6 Å². The number of carboxylic acid groups (broad SMARTS) is 2. The lowest BCUT2D eigenvalue weighted by Gasteiger charge is -2.36. The summed E-state index contributed by atoms with van der Waals surface area (Å²) in [7, 11) is 0. The van der Waals surface area contributed by atoms with Gasteiger partial charge in [-0.15, -0.1) is 0 Å². The lowest BCUT2D eigenvalue weighted by atomic mass is 9.89. The van der Waals surface area contributed by atoms with Crippen LogP contribution in [0.1, 0.15) is 67.7 Å². The van der Waals surface area contributed by atoms with Crippen molar-refractivity contribution >= 4 is 23.0 Å². The van der Waals surface area contributed by atoms with Gasteiger partial charge >= 0.3 is 11.9 Å². The Morgan fingerprint density at radius 1 is 0.780 bits per heavy atom. The highest BCUT2D eigenvalue weighted by molar-refractivity contribution is 5.87. The van der Waals surface area contributed by atoms with Crippen LogP contribution in [-0.2, 0) is 25.9 Å². The van der Waals surface area contributed by atoms with Crippen molar-refractivity contribution in [3.8, 4) is 17.2 Å². The largest absolute Gasteiger partial charge is 0.489 e. The number of fused-ring (bicyclic) bond motifs is 2. The number of nitrogens with zero attached hydrogens (tertiary/aromatic N) is 3. The average Bonchev–Trinajstić information content (AvgIpc) is 3.59. The zero-order chi connectivity index (χ0) is 34.5. The van der Waals surface area contributed by atoms with Crippen LogP contribution in [0.2, 0.25) is 0 Å². The van der Waals surface area contributed by atoms with Crippen LogP contribution in [0.15, 0.2) is 114 Å². The van der Waals surface area contributed by atoms with Crippen molar-refractivity contribution in [1.29, 1.82) is 0 Å². The molecule has 1 unspecified atom stereocenters. The number of hydrogen-bond donors (Lipinski definition) is 2. The first-order chi connectivity index (χ1) is 24.4. The number of aryl methyl sites for hydroxylation is 1. The monoisotopic (exact) mass is 667 g/mol. The van der Waals surface area contributed by atoms with Gasteiger partial charge in [0.05, 0.1) is 5.56 Å². The Morgan fingerprint density at radius 3 is 2.30 bits per heavy atom. The van der Waals surface area contributed by atoms with E-state index in [4.69, 9.17) is 9.15 Å². The average molecular weight is 668 g/mol. The molecule has 0 radical (unpaired) electrons. The Balaban J connectivity index is 1.06. The summed E-state index contributed by atoms with van der Waals surface area (Å²) in [4.78, 5) is 34.6. The molecule has 9 nitrogen and oxygen atoms in total. The first-order valence-corrected chi connectivity index (χ1v) is 16.9. The highest BCUT2D eigenvalue weighted by atomic mass is 16.5. The molecule has 2 N–H and O–H groups in total. The number of rotatable bonds is 13. The van der Waals surface area contributed by atoms with E-state index in [1.165, 1.54) is 0 Å². The Labute approximate surface area is 289 Å². The van der Waals surface area contributed by atoms with Crippen molar-refractivity contribution in [2.75, 3.05) is 13.1 Å². The molecule has 0 bridgehead atoms. The molecule has 7 rings (SSSR count). The van der Waals surface area contributed by atoms with Gasteiger partial charge in [-0.25, -0.2) is 19.6 Å². The molecule has 0 saturated heterocycles. The standard InChI is InChI=1S/C41H37N3O6/c45-40(46)31-18-12-27(13-19-31)22-24-44(36-9-5-8-33-32(36)20-21-35(42-33)41(47)48)25-23-29-6-1-3-10-37(29)49-26-28-14-16-30(17-15-28)39-43-34-7-2-4-11-38(34)50-39/h1-4,6-7,10-21,36H,5,8-9,22-26H2,(H,45,46)(H,47,48). The van der Waals surface area contributed by atoms with E-state index in [0.717, 1.165) is 95.6 Å². The zero-order valence-corrected chi connectivity index (χ0v) is 27.5. The van der Waals surface area contributed by atoms with Crippen molar-refractivity contribution in [3.05, 3.63) is 148 Å². The molecule has 6 aromatic rings. The fourth-order valence-corrected chi connectivity index (χ4v) is 6.66. The van der Waals surface area contributed by atoms with Crippen molar-refractivity contribution < 1.29 is 29.0 Å². The zero-order valence-electron chi connectivity index (χ0n) is 27.5. The summed E-state index contributed by atoms with van der Waals surface area (Å²) < 4.78 is 12.3. The smallest absolute Gasteiger partial charge is 0.354 e. The summed E-state index contributed by atoms with van der Waals surface area (Å²) in [5.41, 5.74) is 7.94. The van der Waals surface area contributed by atoms with Crippen molar-refractivity contribution in [3.63, 3.8) is 0 Å². The normalized spacial score (nSPS) is 14.1. The molecule has 0 amide bonds. The summed E-state index contributed by atoms with van der Waals surface area (Å²) in [6.07, 6.45) is 4.10. The molecule has 0 spiro atoms. The van der Waals surface area contributed by atoms with Gasteiger partial charge in [0.25, 0.3) is 0 Å². The van der Waals surface area contributed by atoms with E-state index in [0.29, 0.717) is 12.5 Å². The number of pyridine rings is 1. The van der Waals surface area contributed by atoms with Crippen LogP contribution in [0, 0.1) is 0 Å². The molecule has 2 aromatic heterocycles. The second-order valence-corrected chi connectivity index (χ2v) is 12.6. The van der Waals surface area contributed by atoms with E-state index in [-0.39, 0.29) is 17.3 Å². The number of aromatic carboxylic acids is 2. The number of hydrogen-bond acceptors (Lipinski definition) is 7. The van der Waals surface area contributed by atoms with E-state index < -0.39 is 11.9 Å². The minimum absolute atomic E-state index is 0.0707. The molecule has 0 aliphatic heterocycles. The summed E-state index contributed by atoms with van der Waals surface area (Å²) in [5, 5.41) is 18.9. The minimum Gasteiger partial charge on any atom is -0.489 e. The number of aromatic nitrogens is 2. The van der Waals surface area contributed by atoms with Gasteiger partial charge in [0.15, 0.2) is 5.58 Å². The second kappa shape index (κ2) is 14.8. The molecule has 0 fully saturated rings. The van der Waals surface area contributed by atoms with Gasteiger partial charge in [-0.1, -0.05) is 60.7 Å². The van der Waals surface area contributed by atoms with E-state index in [1.54, 1.807) is 18.2 Å². The molecule has 0 saturated carbocycles. The van der Waals surface area contributed by atoms with E-state index >= 15 is 0 Å². The highest BCUT2D eigenvalue weighted by Crippen LogP contribution is 2.35. The van der Waals surface area contributed by atoms with Gasteiger partial charge in [-0.2, -0.15) is 0 Å². The fraction of sp³-hybridized carbons (Fsp3) is 0.220. The molecule has 2 heterocycles. The SMILES string of the molecule is O=C(O)c1ccc(CCN(CCc2ccccc2OCc2ccc(-c3nc4ccccc4o3)cc2)C2CCCc3nc(C(=O)O)ccc32)cc1. The molecule has 252 valence electrons. The molecule has 50 heavy (non-hydrogen) atoms. The van der Waals surface area contributed by atoms with Gasteiger partial charge in [0.2, 0.25) is 5.89 Å². The van der Waals surface area contributed by atoms with Crippen LogP contribution in [0.25, 0.3) is 22.6 Å². The lowest BCUT2D eigenvalue weighted by molar-refractivity contribution is 0.0682. The van der Waals surface area contributed by atoms with Gasteiger partial charge in [0, 0.05) is 30.4 Å². The Kier molecular flexibility index (Phi) is 9.66. The summed E-state index contributed by atoms with van der Waals surface area (Å²) in [6.45, 7) is 1.90. The van der Waals surface area contributed by atoms with Crippen LogP contribution in [-0.4, -0.2) is 50.1 Å². The maximum absolute atomic E-state index is 11.6. The summed E-state index contributed by atoms with van der Waals surface area (Å²) >= 11 is 0. The van der Waals surface area contributed by atoms with E-state index in [2.05, 4.69) is 20.9 Å². The Hall–Kier alpha value is -5.80. The maximum atomic E-state index is 11.6. The molecular formula is C41H37N3O6. The molecule has 4 aromatic carbocycles. The molecule has 1 atom stereocenters. The van der Waals surface area contributed by atoms with E-state index in [1.807, 2.05) is 84.9 Å². The molecule has 1 aliphatic rings. The van der Waals surface area contributed by atoms with Crippen LogP contribution in [0.3, 0.4) is 0 Å². The molecule has 1 aliphatic carbocycles. The van der Waals surface area contributed by atoms with Crippen LogP contribution >= 0.6 is 0 Å². The molecule has 9 heteroatoms. The topological polar surface area (TPSA) is 126 Å². The van der Waals surface area contributed by atoms with Crippen LogP contribution in [0.4, 0.5) is 0 Å². The predicted molar refractivity (Wildman–Crippen MR) is 189 cm³/mol. The summed E-state index contributed by atoms with van der Waals surface area (Å²) in [6, 6.07) is 34.5. The van der Waals surface area contributed by atoms with Crippen molar-refractivity contribution in [1.82, 2.24) is 14.9 Å². The van der Waals surface area contributed by atoms with Gasteiger partial charge in [-0.05, 0) is 103 Å². The maximum Gasteiger partial charge on any atom is 0.354 e. The third-order valence-electron chi connectivity index (χ3n) is 9.34. The number of benzene rings is 4.